The van der Waals surface area contributed by atoms with Crippen molar-refractivity contribution in [3.05, 3.63) is 70.4 Å². The Morgan fingerprint density at radius 1 is 1.15 bits per heavy atom. The van der Waals surface area contributed by atoms with Crippen LogP contribution in [0.15, 0.2) is 42.5 Å². The molecule has 1 aliphatic heterocycles. The molecule has 1 aliphatic rings. The zero-order valence-electron chi connectivity index (χ0n) is 15.6. The van der Waals surface area contributed by atoms with Crippen LogP contribution in [0.4, 0.5) is 0 Å². The van der Waals surface area contributed by atoms with Gasteiger partial charge in [-0.05, 0) is 36.2 Å². The highest BCUT2D eigenvalue weighted by Crippen LogP contribution is 2.31. The lowest BCUT2D eigenvalue weighted by Crippen LogP contribution is -2.30. The predicted molar refractivity (Wildman–Crippen MR) is 103 cm³/mol. The second-order valence-corrected chi connectivity index (χ2v) is 7.15. The SMILES string of the molecule is COC(=O)c1ccc2c(c1)c1c(n2C)CCN(Cc2ccc(C)cc2)C1. The maximum atomic E-state index is 11.9. The number of fused-ring (bicyclic) bond motifs is 3. The third-order valence-electron chi connectivity index (χ3n) is 5.43. The Hall–Kier alpha value is -2.59. The van der Waals surface area contributed by atoms with Crippen LogP contribution in [-0.4, -0.2) is 29.1 Å². The van der Waals surface area contributed by atoms with E-state index in [-0.39, 0.29) is 5.97 Å². The Bertz CT molecular complexity index is 970. The first-order chi connectivity index (χ1) is 12.6. The van der Waals surface area contributed by atoms with Gasteiger partial charge in [-0.2, -0.15) is 0 Å². The minimum absolute atomic E-state index is 0.281. The number of carbonyl (C=O) groups excluding carboxylic acids is 1. The molecule has 3 aromatic rings. The lowest BCUT2D eigenvalue weighted by molar-refractivity contribution is 0.0601. The highest BCUT2D eigenvalue weighted by molar-refractivity contribution is 5.96. The van der Waals surface area contributed by atoms with Gasteiger partial charge < -0.3 is 9.30 Å². The number of aryl methyl sites for hydroxylation is 2. The molecule has 0 spiro atoms. The van der Waals surface area contributed by atoms with E-state index in [1.165, 1.54) is 40.4 Å². The molecule has 0 atom stereocenters. The molecule has 0 N–H and O–H groups in total. The zero-order chi connectivity index (χ0) is 18.3. The first-order valence-corrected chi connectivity index (χ1v) is 9.03. The molecule has 134 valence electrons. The van der Waals surface area contributed by atoms with E-state index in [0.29, 0.717) is 5.56 Å². The van der Waals surface area contributed by atoms with Crippen LogP contribution < -0.4 is 0 Å². The van der Waals surface area contributed by atoms with Gasteiger partial charge in [0.15, 0.2) is 0 Å². The summed E-state index contributed by atoms with van der Waals surface area (Å²) >= 11 is 0. The van der Waals surface area contributed by atoms with Crippen LogP contribution in [0.3, 0.4) is 0 Å². The zero-order valence-corrected chi connectivity index (χ0v) is 15.6. The van der Waals surface area contributed by atoms with Crippen molar-refractivity contribution in [2.24, 2.45) is 7.05 Å². The molecule has 1 aromatic heterocycles. The van der Waals surface area contributed by atoms with E-state index >= 15 is 0 Å². The lowest BCUT2D eigenvalue weighted by Gasteiger charge is -2.28. The van der Waals surface area contributed by atoms with Gasteiger partial charge in [0.1, 0.15) is 0 Å². The molecule has 0 saturated heterocycles. The quantitative estimate of drug-likeness (QED) is 0.675. The van der Waals surface area contributed by atoms with Gasteiger partial charge in [-0.3, -0.25) is 4.90 Å². The molecule has 2 aromatic carbocycles. The third-order valence-corrected chi connectivity index (χ3v) is 5.43. The molecule has 0 aliphatic carbocycles. The Morgan fingerprint density at radius 3 is 2.65 bits per heavy atom. The van der Waals surface area contributed by atoms with Gasteiger partial charge in [-0.1, -0.05) is 29.8 Å². The van der Waals surface area contributed by atoms with E-state index in [1.54, 1.807) is 0 Å². The number of hydrogen-bond donors (Lipinski definition) is 0. The number of rotatable bonds is 3. The number of esters is 1. The smallest absolute Gasteiger partial charge is 0.337 e. The van der Waals surface area contributed by atoms with Crippen LogP contribution in [0.2, 0.25) is 0 Å². The normalized spacial score (nSPS) is 14.4. The minimum atomic E-state index is -0.281. The Labute approximate surface area is 154 Å². The van der Waals surface area contributed by atoms with E-state index < -0.39 is 0 Å². The van der Waals surface area contributed by atoms with Crippen molar-refractivity contribution in [1.29, 1.82) is 0 Å². The molecule has 0 saturated carbocycles. The molecule has 4 heteroatoms. The first-order valence-electron chi connectivity index (χ1n) is 9.03. The molecule has 0 radical (unpaired) electrons. The fourth-order valence-electron chi connectivity index (χ4n) is 3.97. The highest BCUT2D eigenvalue weighted by atomic mass is 16.5. The fraction of sp³-hybridized carbons (Fsp3) is 0.318. The first kappa shape index (κ1) is 16.9. The molecule has 0 unspecified atom stereocenters. The summed E-state index contributed by atoms with van der Waals surface area (Å²) in [5.41, 5.74) is 7.14. The van der Waals surface area contributed by atoms with E-state index in [9.17, 15) is 4.79 Å². The topological polar surface area (TPSA) is 34.5 Å². The molecule has 0 fully saturated rings. The summed E-state index contributed by atoms with van der Waals surface area (Å²) in [6, 6.07) is 14.6. The van der Waals surface area contributed by atoms with Crippen molar-refractivity contribution in [2.45, 2.75) is 26.4 Å². The molecule has 26 heavy (non-hydrogen) atoms. The number of nitrogens with zero attached hydrogens (tertiary/aromatic N) is 2. The van der Waals surface area contributed by atoms with Gasteiger partial charge >= 0.3 is 5.97 Å². The molecule has 2 heterocycles. The van der Waals surface area contributed by atoms with Crippen molar-refractivity contribution in [2.75, 3.05) is 13.7 Å². The van der Waals surface area contributed by atoms with Crippen molar-refractivity contribution < 1.29 is 9.53 Å². The number of methoxy groups -OCH3 is 1. The van der Waals surface area contributed by atoms with Crippen molar-refractivity contribution in [3.63, 3.8) is 0 Å². The minimum Gasteiger partial charge on any atom is -0.465 e. The molecular weight excluding hydrogens is 324 g/mol. The predicted octanol–water partition coefficient (Wildman–Crippen LogP) is 3.83. The Kier molecular flexibility index (Phi) is 4.29. The summed E-state index contributed by atoms with van der Waals surface area (Å²) in [4.78, 5) is 14.4. The Morgan fingerprint density at radius 2 is 1.92 bits per heavy atom. The van der Waals surface area contributed by atoms with Crippen LogP contribution in [0, 0.1) is 6.92 Å². The van der Waals surface area contributed by atoms with Gasteiger partial charge in [0.25, 0.3) is 0 Å². The maximum Gasteiger partial charge on any atom is 0.337 e. The number of benzene rings is 2. The summed E-state index contributed by atoms with van der Waals surface area (Å²) in [6.45, 7) is 5.03. The van der Waals surface area contributed by atoms with Crippen LogP contribution >= 0.6 is 0 Å². The monoisotopic (exact) mass is 348 g/mol. The largest absolute Gasteiger partial charge is 0.465 e. The van der Waals surface area contributed by atoms with Gasteiger partial charge in [0, 0.05) is 49.7 Å². The van der Waals surface area contributed by atoms with Gasteiger partial charge in [0.05, 0.1) is 12.7 Å². The number of carbonyl (C=O) groups is 1. The molecule has 4 rings (SSSR count). The van der Waals surface area contributed by atoms with E-state index in [4.69, 9.17) is 4.74 Å². The van der Waals surface area contributed by atoms with Crippen LogP contribution in [0.5, 0.6) is 0 Å². The molecule has 0 bridgehead atoms. The average Bonchev–Trinajstić information content (AvgIpc) is 2.94. The number of aromatic nitrogens is 1. The second-order valence-electron chi connectivity index (χ2n) is 7.15. The maximum absolute atomic E-state index is 11.9. The number of ether oxygens (including phenoxy) is 1. The Balaban J connectivity index is 1.67. The summed E-state index contributed by atoms with van der Waals surface area (Å²) in [7, 11) is 3.55. The van der Waals surface area contributed by atoms with Gasteiger partial charge in [-0.15, -0.1) is 0 Å². The standard InChI is InChI=1S/C22H24N2O2/c1-15-4-6-16(7-5-15)13-24-11-10-21-19(14-24)18-12-17(22(25)26-3)8-9-20(18)23(21)2/h4-9,12H,10-11,13-14H2,1-3H3. The lowest BCUT2D eigenvalue weighted by atomic mass is 10.0. The van der Waals surface area contributed by atoms with Crippen LogP contribution in [-0.2, 0) is 31.3 Å². The summed E-state index contributed by atoms with van der Waals surface area (Å²) in [5, 5.41) is 1.17. The van der Waals surface area contributed by atoms with Gasteiger partial charge in [0.2, 0.25) is 0 Å². The average molecular weight is 348 g/mol. The molecular formula is C22H24N2O2. The van der Waals surface area contributed by atoms with Crippen LogP contribution in [0.25, 0.3) is 10.9 Å². The van der Waals surface area contributed by atoms with Gasteiger partial charge in [-0.25, -0.2) is 4.79 Å². The molecule has 0 amide bonds. The van der Waals surface area contributed by atoms with E-state index in [2.05, 4.69) is 47.7 Å². The van der Waals surface area contributed by atoms with Crippen LogP contribution in [0.1, 0.15) is 32.7 Å². The van der Waals surface area contributed by atoms with E-state index in [0.717, 1.165) is 26.1 Å². The molecule has 4 nitrogen and oxygen atoms in total. The summed E-state index contributed by atoms with van der Waals surface area (Å²) in [6.07, 6.45) is 1.03. The number of hydrogen-bond acceptors (Lipinski definition) is 3. The van der Waals surface area contributed by atoms with E-state index in [1.807, 2.05) is 18.2 Å². The van der Waals surface area contributed by atoms with Crippen molar-refractivity contribution >= 4 is 16.9 Å². The second kappa shape index (κ2) is 6.61. The highest BCUT2D eigenvalue weighted by Gasteiger charge is 2.23. The van der Waals surface area contributed by atoms with Crippen molar-refractivity contribution in [3.8, 4) is 0 Å². The fourth-order valence-corrected chi connectivity index (χ4v) is 3.97. The summed E-state index contributed by atoms with van der Waals surface area (Å²) < 4.78 is 7.16. The third kappa shape index (κ3) is 2.90. The summed E-state index contributed by atoms with van der Waals surface area (Å²) in [5.74, 6) is -0.281. The van der Waals surface area contributed by atoms with Crippen molar-refractivity contribution in [1.82, 2.24) is 9.47 Å².